The van der Waals surface area contributed by atoms with Gasteiger partial charge in [0, 0.05) is 16.4 Å². The molecule has 1 unspecified atom stereocenters. The fourth-order valence-electron chi connectivity index (χ4n) is 3.28. The number of rotatable bonds is 3. The lowest BCUT2D eigenvalue weighted by atomic mass is 9.76. The minimum atomic E-state index is -0.193. The Bertz CT molecular complexity index is 641. The van der Waals surface area contributed by atoms with E-state index in [9.17, 15) is 4.39 Å². The van der Waals surface area contributed by atoms with Crippen molar-refractivity contribution in [2.45, 2.75) is 24.7 Å². The third-order valence-corrected chi connectivity index (χ3v) is 5.16. The molecular weight excluding hydrogens is 317 g/mol. The molecule has 1 nitrogen and oxygen atoms in total. The van der Waals surface area contributed by atoms with Crippen LogP contribution < -0.4 is 5.73 Å². The minimum absolute atomic E-state index is 0.0626. The molecule has 0 amide bonds. The molecule has 0 radical (unpaired) electrons. The Morgan fingerprint density at radius 2 is 2.00 bits per heavy atom. The van der Waals surface area contributed by atoms with Gasteiger partial charge in [-0.15, -0.1) is 0 Å². The van der Waals surface area contributed by atoms with Crippen LogP contribution in [0.25, 0.3) is 0 Å². The summed E-state index contributed by atoms with van der Waals surface area (Å²) in [6, 6.07) is 13.3. The molecule has 1 atom stereocenters. The highest BCUT2D eigenvalue weighted by molar-refractivity contribution is 9.10. The van der Waals surface area contributed by atoms with Crippen molar-refractivity contribution in [2.75, 3.05) is 6.54 Å². The van der Waals surface area contributed by atoms with E-state index in [1.165, 1.54) is 17.2 Å². The van der Waals surface area contributed by atoms with Crippen LogP contribution in [-0.4, -0.2) is 6.54 Å². The van der Waals surface area contributed by atoms with E-state index < -0.39 is 0 Å². The minimum Gasteiger partial charge on any atom is -0.330 e. The van der Waals surface area contributed by atoms with Crippen molar-refractivity contribution in [2.24, 2.45) is 5.73 Å². The van der Waals surface area contributed by atoms with Gasteiger partial charge >= 0.3 is 0 Å². The number of benzene rings is 2. The largest absolute Gasteiger partial charge is 0.330 e. The molecule has 0 bridgehead atoms. The highest BCUT2D eigenvalue weighted by Gasteiger charge is 2.37. The standard InChI is InChI=1S/C17H17BrFN/c18-16-6-5-14(19)9-13(16)10-17(11-20)8-7-12-3-1-2-4-15(12)17/h1-6,9H,7-8,10-11,20H2. The quantitative estimate of drug-likeness (QED) is 0.903. The van der Waals surface area contributed by atoms with Crippen molar-refractivity contribution in [3.63, 3.8) is 0 Å². The first-order valence-corrected chi connectivity index (χ1v) is 7.66. The van der Waals surface area contributed by atoms with Gasteiger partial charge < -0.3 is 5.73 Å². The molecule has 0 heterocycles. The molecule has 20 heavy (non-hydrogen) atoms. The van der Waals surface area contributed by atoms with Crippen molar-refractivity contribution in [1.29, 1.82) is 0 Å². The number of aryl methyl sites for hydroxylation is 1. The average Bonchev–Trinajstić information content (AvgIpc) is 2.83. The zero-order valence-corrected chi connectivity index (χ0v) is 12.8. The highest BCUT2D eigenvalue weighted by Crippen LogP contribution is 2.41. The van der Waals surface area contributed by atoms with Gasteiger partial charge in [-0.3, -0.25) is 0 Å². The second-order valence-corrected chi connectivity index (χ2v) is 6.41. The summed E-state index contributed by atoms with van der Waals surface area (Å²) < 4.78 is 14.4. The van der Waals surface area contributed by atoms with E-state index in [1.807, 2.05) is 0 Å². The number of hydrogen-bond acceptors (Lipinski definition) is 1. The van der Waals surface area contributed by atoms with Gasteiger partial charge in [0.1, 0.15) is 5.82 Å². The maximum Gasteiger partial charge on any atom is 0.123 e. The molecule has 1 aliphatic carbocycles. The summed E-state index contributed by atoms with van der Waals surface area (Å²) in [5.41, 5.74) is 9.75. The van der Waals surface area contributed by atoms with Gasteiger partial charge in [-0.2, -0.15) is 0 Å². The highest BCUT2D eigenvalue weighted by atomic mass is 79.9. The van der Waals surface area contributed by atoms with Gasteiger partial charge in [0.05, 0.1) is 0 Å². The lowest BCUT2D eigenvalue weighted by Gasteiger charge is -2.29. The summed E-state index contributed by atoms with van der Waals surface area (Å²) in [6.07, 6.45) is 2.87. The first kappa shape index (κ1) is 13.8. The molecule has 0 saturated heterocycles. The molecule has 0 saturated carbocycles. The van der Waals surface area contributed by atoms with Gasteiger partial charge in [0.25, 0.3) is 0 Å². The molecule has 0 aliphatic heterocycles. The van der Waals surface area contributed by atoms with Crippen LogP contribution in [0.3, 0.4) is 0 Å². The van der Waals surface area contributed by atoms with Gasteiger partial charge in [-0.25, -0.2) is 4.39 Å². The van der Waals surface area contributed by atoms with Gasteiger partial charge in [-0.1, -0.05) is 40.2 Å². The summed E-state index contributed by atoms with van der Waals surface area (Å²) >= 11 is 3.52. The molecule has 3 heteroatoms. The average molecular weight is 334 g/mol. The topological polar surface area (TPSA) is 26.0 Å². The second kappa shape index (κ2) is 5.30. The SMILES string of the molecule is NCC1(Cc2cc(F)ccc2Br)CCc2ccccc21. The fourth-order valence-corrected chi connectivity index (χ4v) is 3.66. The fraction of sp³-hybridized carbons (Fsp3) is 0.294. The van der Waals surface area contributed by atoms with E-state index in [1.54, 1.807) is 12.1 Å². The Labute approximate surface area is 127 Å². The van der Waals surface area contributed by atoms with E-state index in [-0.39, 0.29) is 11.2 Å². The molecular formula is C17H17BrFN. The van der Waals surface area contributed by atoms with Crippen LogP contribution in [0, 0.1) is 5.82 Å². The normalized spacial score (nSPS) is 20.9. The smallest absolute Gasteiger partial charge is 0.123 e. The van der Waals surface area contributed by atoms with E-state index >= 15 is 0 Å². The summed E-state index contributed by atoms with van der Waals surface area (Å²) in [5.74, 6) is -0.193. The molecule has 2 N–H and O–H groups in total. The third kappa shape index (κ3) is 2.29. The van der Waals surface area contributed by atoms with Crippen molar-refractivity contribution in [3.05, 3.63) is 69.4 Å². The van der Waals surface area contributed by atoms with E-state index in [0.29, 0.717) is 6.54 Å². The van der Waals surface area contributed by atoms with Gasteiger partial charge in [-0.05, 0) is 54.2 Å². The van der Waals surface area contributed by atoms with E-state index in [4.69, 9.17) is 5.73 Å². The number of fused-ring (bicyclic) bond motifs is 1. The van der Waals surface area contributed by atoms with E-state index in [2.05, 4.69) is 40.2 Å². The number of halogens is 2. The third-order valence-electron chi connectivity index (χ3n) is 4.39. The van der Waals surface area contributed by atoms with Crippen LogP contribution in [0.4, 0.5) is 4.39 Å². The predicted octanol–water partition coefficient (Wildman–Crippen LogP) is 3.97. The summed E-state index contributed by atoms with van der Waals surface area (Å²) in [5, 5.41) is 0. The van der Waals surface area contributed by atoms with Crippen LogP contribution in [0.2, 0.25) is 0 Å². The predicted molar refractivity (Wildman–Crippen MR) is 83.3 cm³/mol. The molecule has 0 fully saturated rings. The Morgan fingerprint density at radius 3 is 2.80 bits per heavy atom. The van der Waals surface area contributed by atoms with Crippen molar-refractivity contribution < 1.29 is 4.39 Å². The van der Waals surface area contributed by atoms with Crippen LogP contribution in [0.1, 0.15) is 23.1 Å². The van der Waals surface area contributed by atoms with Crippen LogP contribution in [-0.2, 0) is 18.3 Å². The Hall–Kier alpha value is -1.19. The molecule has 1 aliphatic rings. The zero-order valence-electron chi connectivity index (χ0n) is 11.2. The molecule has 0 spiro atoms. The van der Waals surface area contributed by atoms with Crippen LogP contribution in [0.5, 0.6) is 0 Å². The number of nitrogens with two attached hydrogens (primary N) is 1. The monoisotopic (exact) mass is 333 g/mol. The maximum absolute atomic E-state index is 13.5. The number of hydrogen-bond donors (Lipinski definition) is 1. The van der Waals surface area contributed by atoms with Crippen LogP contribution >= 0.6 is 15.9 Å². The van der Waals surface area contributed by atoms with Gasteiger partial charge in [0.15, 0.2) is 0 Å². The summed E-state index contributed by atoms with van der Waals surface area (Å²) in [6.45, 7) is 0.590. The molecule has 2 aromatic rings. The van der Waals surface area contributed by atoms with Gasteiger partial charge in [0.2, 0.25) is 0 Å². The summed E-state index contributed by atoms with van der Waals surface area (Å²) in [7, 11) is 0. The molecule has 0 aromatic heterocycles. The first-order chi connectivity index (χ1) is 9.64. The lowest BCUT2D eigenvalue weighted by molar-refractivity contribution is 0.430. The Kier molecular flexibility index (Phi) is 3.65. The molecule has 2 aromatic carbocycles. The molecule has 3 rings (SSSR count). The zero-order chi connectivity index (χ0) is 14.2. The lowest BCUT2D eigenvalue weighted by Crippen LogP contribution is -2.35. The Balaban J connectivity index is 2.02. The summed E-state index contributed by atoms with van der Waals surface area (Å²) in [4.78, 5) is 0. The van der Waals surface area contributed by atoms with Crippen molar-refractivity contribution >= 4 is 15.9 Å². The van der Waals surface area contributed by atoms with E-state index in [0.717, 1.165) is 29.3 Å². The van der Waals surface area contributed by atoms with Crippen molar-refractivity contribution in [3.8, 4) is 0 Å². The molecule has 104 valence electrons. The van der Waals surface area contributed by atoms with Crippen molar-refractivity contribution in [1.82, 2.24) is 0 Å². The first-order valence-electron chi connectivity index (χ1n) is 6.87. The maximum atomic E-state index is 13.5. The Morgan fingerprint density at radius 1 is 1.20 bits per heavy atom. The second-order valence-electron chi connectivity index (χ2n) is 5.55. The van der Waals surface area contributed by atoms with Crippen LogP contribution in [0.15, 0.2) is 46.9 Å².